The average molecular weight is 389 g/mol. The van der Waals surface area contributed by atoms with Crippen molar-refractivity contribution in [2.24, 2.45) is 0 Å². The van der Waals surface area contributed by atoms with Crippen LogP contribution in [0.1, 0.15) is 21.8 Å². The van der Waals surface area contributed by atoms with Gasteiger partial charge in [0.25, 0.3) is 5.91 Å². The van der Waals surface area contributed by atoms with Crippen molar-refractivity contribution in [2.45, 2.75) is 13.5 Å². The lowest BCUT2D eigenvalue weighted by Gasteiger charge is -2.34. The number of aryl methyl sites for hydroxylation is 1. The number of hydrogen-bond donors (Lipinski definition) is 2. The fourth-order valence-corrected chi connectivity index (χ4v) is 2.98. The lowest BCUT2D eigenvalue weighted by Crippen LogP contribution is -2.50. The topological polar surface area (TPSA) is 90.7 Å². The van der Waals surface area contributed by atoms with Crippen LogP contribution in [0.4, 0.5) is 9.18 Å². The molecule has 3 rings (SSSR count). The van der Waals surface area contributed by atoms with Gasteiger partial charge in [0, 0.05) is 51.9 Å². The lowest BCUT2D eigenvalue weighted by molar-refractivity contribution is 0.0629. The van der Waals surface area contributed by atoms with Crippen molar-refractivity contribution in [3.8, 4) is 0 Å². The van der Waals surface area contributed by atoms with Crippen molar-refractivity contribution < 1.29 is 18.5 Å². The predicted octanol–water partition coefficient (Wildman–Crippen LogP) is 1.38. The van der Waals surface area contributed by atoms with E-state index in [1.165, 1.54) is 12.1 Å². The van der Waals surface area contributed by atoms with Crippen LogP contribution >= 0.6 is 0 Å². The summed E-state index contributed by atoms with van der Waals surface area (Å²) in [7, 11) is 0. The quantitative estimate of drug-likeness (QED) is 0.779. The molecule has 1 fully saturated rings. The monoisotopic (exact) mass is 389 g/mol. The van der Waals surface area contributed by atoms with Gasteiger partial charge in [-0.1, -0.05) is 17.3 Å². The van der Waals surface area contributed by atoms with Crippen molar-refractivity contribution in [3.05, 3.63) is 53.2 Å². The lowest BCUT2D eigenvalue weighted by atomic mass is 10.2. The Bertz CT molecular complexity index is 800. The molecule has 1 aromatic carbocycles. The molecule has 1 saturated heterocycles. The molecule has 0 unspecified atom stereocenters. The second kappa shape index (κ2) is 9.32. The maximum Gasteiger partial charge on any atom is 0.315 e. The third-order valence-corrected chi connectivity index (χ3v) is 4.59. The molecule has 2 heterocycles. The molecule has 8 nitrogen and oxygen atoms in total. The van der Waals surface area contributed by atoms with E-state index in [9.17, 15) is 14.0 Å². The second-order valence-electron chi connectivity index (χ2n) is 6.69. The van der Waals surface area contributed by atoms with Gasteiger partial charge >= 0.3 is 6.03 Å². The van der Waals surface area contributed by atoms with Crippen LogP contribution in [0.2, 0.25) is 0 Å². The van der Waals surface area contributed by atoms with Crippen LogP contribution in [0, 0.1) is 12.7 Å². The third kappa shape index (κ3) is 5.53. The molecule has 0 aliphatic carbocycles. The number of carbonyl (C=O) groups is 2. The van der Waals surface area contributed by atoms with Crippen molar-refractivity contribution in [1.82, 2.24) is 25.6 Å². The minimum absolute atomic E-state index is 0.116. The number of nitrogens with zero attached hydrogens (tertiary/aromatic N) is 3. The molecule has 2 N–H and O–H groups in total. The fourth-order valence-electron chi connectivity index (χ4n) is 2.98. The Morgan fingerprint density at radius 1 is 1.14 bits per heavy atom. The van der Waals surface area contributed by atoms with E-state index in [0.29, 0.717) is 44.2 Å². The van der Waals surface area contributed by atoms with Gasteiger partial charge in [-0.05, 0) is 24.6 Å². The van der Waals surface area contributed by atoms with E-state index in [1.807, 2.05) is 0 Å². The number of piperazine rings is 1. The zero-order valence-corrected chi connectivity index (χ0v) is 15.8. The Morgan fingerprint density at radius 3 is 2.50 bits per heavy atom. The zero-order valence-electron chi connectivity index (χ0n) is 15.8. The van der Waals surface area contributed by atoms with Crippen LogP contribution in [-0.4, -0.2) is 66.2 Å². The largest absolute Gasteiger partial charge is 0.361 e. The van der Waals surface area contributed by atoms with Gasteiger partial charge in [-0.25, -0.2) is 9.18 Å². The molecule has 28 heavy (non-hydrogen) atoms. The number of hydrogen-bond acceptors (Lipinski definition) is 5. The SMILES string of the molecule is Cc1cc(C(=O)N2CCN(CCNC(=O)NCc3ccc(F)cc3)CC2)no1. The maximum absolute atomic E-state index is 12.9. The number of amides is 3. The number of nitrogens with one attached hydrogen (secondary N) is 2. The van der Waals surface area contributed by atoms with Gasteiger partial charge < -0.3 is 20.1 Å². The second-order valence-corrected chi connectivity index (χ2v) is 6.69. The van der Waals surface area contributed by atoms with Crippen LogP contribution in [0.3, 0.4) is 0 Å². The minimum atomic E-state index is -0.300. The Morgan fingerprint density at radius 2 is 1.86 bits per heavy atom. The number of rotatable bonds is 6. The number of benzene rings is 1. The molecule has 0 spiro atoms. The third-order valence-electron chi connectivity index (χ3n) is 4.59. The van der Waals surface area contributed by atoms with Gasteiger partial charge in [0.05, 0.1) is 0 Å². The fraction of sp³-hybridized carbons (Fsp3) is 0.421. The molecule has 1 aliphatic heterocycles. The summed E-state index contributed by atoms with van der Waals surface area (Å²) in [5.41, 5.74) is 1.17. The highest BCUT2D eigenvalue weighted by molar-refractivity contribution is 5.92. The number of halogens is 1. The standard InChI is InChI=1S/C19H24FN5O3/c1-14-12-17(23-28-14)18(26)25-10-8-24(9-11-25)7-6-21-19(27)22-13-15-2-4-16(20)5-3-15/h2-5,12H,6-11,13H2,1H3,(H2,21,22,27). The molecule has 9 heteroatoms. The van der Waals surface area contributed by atoms with Crippen molar-refractivity contribution in [2.75, 3.05) is 39.3 Å². The molecule has 0 saturated carbocycles. The molecule has 0 radical (unpaired) electrons. The van der Waals surface area contributed by atoms with E-state index in [0.717, 1.165) is 18.7 Å². The summed E-state index contributed by atoms with van der Waals surface area (Å²) in [6.45, 7) is 6.01. The summed E-state index contributed by atoms with van der Waals surface area (Å²) < 4.78 is 17.8. The number of urea groups is 1. The zero-order chi connectivity index (χ0) is 19.9. The Labute approximate surface area is 162 Å². The normalized spacial score (nSPS) is 14.7. The van der Waals surface area contributed by atoms with E-state index < -0.39 is 0 Å². The van der Waals surface area contributed by atoms with Gasteiger partial charge in [-0.2, -0.15) is 0 Å². The van der Waals surface area contributed by atoms with Gasteiger partial charge in [0.1, 0.15) is 11.6 Å². The molecular formula is C19H24FN5O3. The summed E-state index contributed by atoms with van der Waals surface area (Å²) in [5.74, 6) is 0.201. The highest BCUT2D eigenvalue weighted by atomic mass is 19.1. The summed E-state index contributed by atoms with van der Waals surface area (Å²) in [6.07, 6.45) is 0. The van der Waals surface area contributed by atoms with E-state index in [-0.39, 0.29) is 17.8 Å². The van der Waals surface area contributed by atoms with Gasteiger partial charge in [-0.3, -0.25) is 9.69 Å². The molecular weight excluding hydrogens is 365 g/mol. The predicted molar refractivity (Wildman–Crippen MR) is 100 cm³/mol. The number of carbonyl (C=O) groups excluding carboxylic acids is 2. The van der Waals surface area contributed by atoms with E-state index >= 15 is 0 Å². The van der Waals surface area contributed by atoms with Crippen LogP contribution < -0.4 is 10.6 Å². The van der Waals surface area contributed by atoms with E-state index in [1.54, 1.807) is 30.0 Å². The molecule has 0 bridgehead atoms. The molecule has 150 valence electrons. The van der Waals surface area contributed by atoms with Gasteiger partial charge in [0.15, 0.2) is 5.69 Å². The Kier molecular flexibility index (Phi) is 6.59. The summed E-state index contributed by atoms with van der Waals surface area (Å²) in [4.78, 5) is 28.1. The van der Waals surface area contributed by atoms with Crippen LogP contribution in [0.5, 0.6) is 0 Å². The van der Waals surface area contributed by atoms with Crippen molar-refractivity contribution in [3.63, 3.8) is 0 Å². The van der Waals surface area contributed by atoms with Crippen LogP contribution in [0.15, 0.2) is 34.9 Å². The van der Waals surface area contributed by atoms with E-state index in [2.05, 4.69) is 20.7 Å². The van der Waals surface area contributed by atoms with Gasteiger partial charge in [-0.15, -0.1) is 0 Å². The molecule has 1 aromatic heterocycles. The first kappa shape index (κ1) is 19.8. The van der Waals surface area contributed by atoms with Crippen molar-refractivity contribution >= 4 is 11.9 Å². The highest BCUT2D eigenvalue weighted by Gasteiger charge is 2.24. The first-order valence-corrected chi connectivity index (χ1v) is 9.22. The van der Waals surface area contributed by atoms with E-state index in [4.69, 9.17) is 4.52 Å². The average Bonchev–Trinajstić information content (AvgIpc) is 3.14. The summed E-state index contributed by atoms with van der Waals surface area (Å²) in [5, 5.41) is 9.31. The molecule has 2 aromatic rings. The highest BCUT2D eigenvalue weighted by Crippen LogP contribution is 2.09. The first-order chi connectivity index (χ1) is 13.5. The summed E-state index contributed by atoms with van der Waals surface area (Å²) in [6, 6.07) is 7.38. The minimum Gasteiger partial charge on any atom is -0.361 e. The van der Waals surface area contributed by atoms with Gasteiger partial charge in [0.2, 0.25) is 0 Å². The smallest absolute Gasteiger partial charge is 0.315 e. The van der Waals surface area contributed by atoms with Crippen LogP contribution in [0.25, 0.3) is 0 Å². The maximum atomic E-state index is 12.9. The Balaban J connectivity index is 1.31. The van der Waals surface area contributed by atoms with Crippen molar-refractivity contribution in [1.29, 1.82) is 0 Å². The molecule has 3 amide bonds. The first-order valence-electron chi connectivity index (χ1n) is 9.22. The molecule has 0 atom stereocenters. The summed E-state index contributed by atoms with van der Waals surface area (Å²) >= 11 is 0. The molecule has 1 aliphatic rings. The Hall–Kier alpha value is -2.94. The van der Waals surface area contributed by atoms with Crippen LogP contribution in [-0.2, 0) is 6.54 Å². The number of aromatic nitrogens is 1.